The number of nitrogen functional groups attached to an aromatic ring is 1. The number of nitrogens with two attached hydrogens (primary N) is 1. The van der Waals surface area contributed by atoms with E-state index in [9.17, 15) is 20.1 Å². The van der Waals surface area contributed by atoms with Crippen molar-refractivity contribution in [2.24, 2.45) is 0 Å². The normalized spacial score (nSPS) is 29.0. The lowest BCUT2D eigenvalue weighted by Gasteiger charge is -2.31. The van der Waals surface area contributed by atoms with Crippen LogP contribution in [-0.2, 0) is 15.3 Å². The number of carbonyl (C=O) groups is 1. The maximum atomic E-state index is 12.8. The van der Waals surface area contributed by atoms with E-state index in [4.69, 9.17) is 10.5 Å². The number of imidazole rings is 1. The fraction of sp³-hybridized carbons (Fsp3) is 0.429. The van der Waals surface area contributed by atoms with Gasteiger partial charge in [0.25, 0.3) is 11.6 Å². The number of fused-ring (bicyclic) bond motifs is 1. The number of hydrogen-bond acceptors (Lipinski definition) is 9. The number of nitrogens with one attached hydrogen (secondary N) is 1. The van der Waals surface area contributed by atoms with Crippen LogP contribution in [0.5, 0.6) is 0 Å². The van der Waals surface area contributed by atoms with Crippen molar-refractivity contribution in [1.82, 2.24) is 24.8 Å². The van der Waals surface area contributed by atoms with Crippen LogP contribution < -0.4 is 11.1 Å². The highest BCUT2D eigenvalue weighted by Gasteiger charge is 2.61. The largest absolute Gasteiger partial charge is 0.394 e. The second-order valence-electron chi connectivity index (χ2n) is 5.52. The van der Waals surface area contributed by atoms with E-state index in [2.05, 4.69) is 26.8 Å². The van der Waals surface area contributed by atoms with Crippen molar-refractivity contribution in [2.75, 3.05) is 18.9 Å². The third kappa shape index (κ3) is 2.44. The van der Waals surface area contributed by atoms with Crippen LogP contribution in [0.4, 0.5) is 5.82 Å². The lowest BCUT2D eigenvalue weighted by atomic mass is 10.0. The van der Waals surface area contributed by atoms with Crippen molar-refractivity contribution in [2.45, 2.75) is 24.0 Å². The van der Waals surface area contributed by atoms with Gasteiger partial charge in [0.2, 0.25) is 0 Å². The molecule has 3 heterocycles. The highest BCUT2D eigenvalue weighted by atomic mass is 16.6. The van der Waals surface area contributed by atoms with Crippen LogP contribution >= 0.6 is 0 Å². The number of hydrogen-bond donors (Lipinski definition) is 5. The van der Waals surface area contributed by atoms with Gasteiger partial charge in [-0.3, -0.25) is 9.36 Å². The molecule has 1 fully saturated rings. The summed E-state index contributed by atoms with van der Waals surface area (Å²) in [5.41, 5.74) is 3.99. The molecule has 2 aromatic rings. The molecule has 25 heavy (non-hydrogen) atoms. The molecule has 4 atom stereocenters. The molecule has 0 unspecified atom stereocenters. The van der Waals surface area contributed by atoms with Gasteiger partial charge in [0.1, 0.15) is 36.5 Å². The van der Waals surface area contributed by atoms with Gasteiger partial charge in [-0.2, -0.15) is 0 Å². The molecule has 1 aliphatic rings. The smallest absolute Gasteiger partial charge is 0.277 e. The summed E-state index contributed by atoms with van der Waals surface area (Å²) in [5.74, 6) is -0.677. The van der Waals surface area contributed by atoms with Crippen LogP contribution in [0, 0.1) is 0 Å². The first-order valence-electron chi connectivity index (χ1n) is 7.45. The molecule has 0 bridgehead atoms. The molecule has 1 aliphatic heterocycles. The Kier molecular flexibility index (Phi) is 4.39. The topological polar surface area (TPSA) is 169 Å². The van der Waals surface area contributed by atoms with E-state index in [-0.39, 0.29) is 23.5 Å². The number of amides is 1. The summed E-state index contributed by atoms with van der Waals surface area (Å²) in [7, 11) is 0. The molecule has 11 heteroatoms. The van der Waals surface area contributed by atoms with Crippen molar-refractivity contribution in [3.8, 4) is 0 Å². The fourth-order valence-corrected chi connectivity index (χ4v) is 2.83. The summed E-state index contributed by atoms with van der Waals surface area (Å²) in [5, 5.41) is 32.7. The first-order valence-corrected chi connectivity index (χ1v) is 7.45. The van der Waals surface area contributed by atoms with Gasteiger partial charge in [-0.25, -0.2) is 15.0 Å². The van der Waals surface area contributed by atoms with Crippen LogP contribution in [0.25, 0.3) is 11.2 Å². The molecule has 0 aromatic carbocycles. The van der Waals surface area contributed by atoms with Crippen molar-refractivity contribution in [1.29, 1.82) is 0 Å². The third-order valence-corrected chi connectivity index (χ3v) is 4.07. The molecule has 1 amide bonds. The Labute approximate surface area is 141 Å². The second kappa shape index (κ2) is 6.37. The predicted molar refractivity (Wildman–Crippen MR) is 84.9 cm³/mol. The molecule has 3 rings (SSSR count). The average molecular weight is 350 g/mol. The number of ether oxygens (including phenoxy) is 1. The highest BCUT2D eigenvalue weighted by Crippen LogP contribution is 2.38. The minimum Gasteiger partial charge on any atom is -0.394 e. The van der Waals surface area contributed by atoms with Crippen molar-refractivity contribution in [3.05, 3.63) is 25.3 Å². The summed E-state index contributed by atoms with van der Waals surface area (Å²) >= 11 is 0. The monoisotopic (exact) mass is 350 g/mol. The Hall–Kier alpha value is -2.60. The summed E-state index contributed by atoms with van der Waals surface area (Å²) in [6, 6.07) is 0. The minimum atomic E-state index is -2.09. The maximum Gasteiger partial charge on any atom is 0.277 e. The van der Waals surface area contributed by atoms with Gasteiger partial charge in [0, 0.05) is 6.54 Å². The van der Waals surface area contributed by atoms with Gasteiger partial charge >= 0.3 is 0 Å². The number of nitrogens with zero attached hydrogens (tertiary/aromatic N) is 4. The Morgan fingerprint density at radius 2 is 2.24 bits per heavy atom. The number of aliphatic hydroxyl groups excluding tert-OH is 3. The van der Waals surface area contributed by atoms with Gasteiger partial charge < -0.3 is 31.1 Å². The SMILES string of the molecule is C=CCNC(=O)[C@@]1(n2cnc3c(N)ncnc32)O[C@H](CO)[C@@H](O)[C@H]1O. The summed E-state index contributed by atoms with van der Waals surface area (Å²) < 4.78 is 6.77. The number of anilines is 1. The van der Waals surface area contributed by atoms with Gasteiger partial charge in [-0.1, -0.05) is 6.08 Å². The molecule has 6 N–H and O–H groups in total. The lowest BCUT2D eigenvalue weighted by Crippen LogP contribution is -2.56. The number of carbonyl (C=O) groups excluding carboxylic acids is 1. The molecule has 11 nitrogen and oxygen atoms in total. The van der Waals surface area contributed by atoms with E-state index in [0.29, 0.717) is 0 Å². The van der Waals surface area contributed by atoms with Gasteiger partial charge in [0.05, 0.1) is 6.61 Å². The third-order valence-electron chi connectivity index (χ3n) is 4.07. The molecular formula is C14H18N6O5. The minimum absolute atomic E-state index is 0.0807. The molecule has 0 spiro atoms. The Morgan fingerprint density at radius 3 is 2.88 bits per heavy atom. The van der Waals surface area contributed by atoms with E-state index >= 15 is 0 Å². The van der Waals surface area contributed by atoms with Crippen LogP contribution in [0.3, 0.4) is 0 Å². The highest BCUT2D eigenvalue weighted by molar-refractivity contribution is 5.88. The quantitative estimate of drug-likeness (QED) is 0.365. The summed E-state index contributed by atoms with van der Waals surface area (Å²) in [6.07, 6.45) is -0.551. The van der Waals surface area contributed by atoms with Crippen LogP contribution in [-0.4, -0.2) is 72.2 Å². The van der Waals surface area contributed by atoms with Gasteiger partial charge in [-0.15, -0.1) is 6.58 Å². The van der Waals surface area contributed by atoms with Crippen molar-refractivity contribution < 1.29 is 24.9 Å². The van der Waals surface area contributed by atoms with Crippen LogP contribution in [0.15, 0.2) is 25.3 Å². The predicted octanol–water partition coefficient (Wildman–Crippen LogP) is -2.52. The Bertz CT molecular complexity index is 810. The van der Waals surface area contributed by atoms with Crippen molar-refractivity contribution in [3.63, 3.8) is 0 Å². The number of rotatable bonds is 5. The van der Waals surface area contributed by atoms with Crippen molar-refractivity contribution >= 4 is 22.9 Å². The molecular weight excluding hydrogens is 332 g/mol. The molecule has 0 radical (unpaired) electrons. The standard InChI is InChI=1S/C14H18N6O5/c1-2-3-16-13(24)14(10(23)9(22)7(4-21)25-14)20-6-19-8-11(15)17-5-18-12(8)20/h2,5-7,9-10,21-23H,1,3-4H2,(H,16,24)(H2,15,17,18)/t7-,9-,10-,14+/m1/s1. The van der Waals surface area contributed by atoms with Crippen LogP contribution in [0.2, 0.25) is 0 Å². The van der Waals surface area contributed by atoms with E-state index in [0.717, 1.165) is 0 Å². The van der Waals surface area contributed by atoms with Crippen LogP contribution in [0.1, 0.15) is 0 Å². The number of aromatic nitrogens is 4. The van der Waals surface area contributed by atoms with E-state index in [1.54, 1.807) is 0 Å². The van der Waals surface area contributed by atoms with Gasteiger partial charge in [0.15, 0.2) is 11.5 Å². The molecule has 0 aliphatic carbocycles. The fourth-order valence-electron chi connectivity index (χ4n) is 2.83. The summed E-state index contributed by atoms with van der Waals surface area (Å²) in [6.45, 7) is 3.01. The zero-order chi connectivity index (χ0) is 18.2. The first-order chi connectivity index (χ1) is 12.0. The summed E-state index contributed by atoms with van der Waals surface area (Å²) in [4.78, 5) is 24.7. The average Bonchev–Trinajstić information content (AvgIpc) is 3.15. The van der Waals surface area contributed by atoms with E-state index in [1.165, 1.54) is 23.3 Å². The van der Waals surface area contributed by atoms with Gasteiger partial charge in [-0.05, 0) is 0 Å². The zero-order valence-corrected chi connectivity index (χ0v) is 13.1. The Balaban J connectivity index is 2.19. The molecule has 1 saturated heterocycles. The lowest BCUT2D eigenvalue weighted by molar-refractivity contribution is -0.176. The zero-order valence-electron chi connectivity index (χ0n) is 13.1. The number of aliphatic hydroxyl groups is 3. The Morgan fingerprint density at radius 1 is 1.48 bits per heavy atom. The maximum absolute atomic E-state index is 12.8. The second-order valence-corrected chi connectivity index (χ2v) is 5.52. The first kappa shape index (κ1) is 17.2. The molecule has 134 valence electrons. The molecule has 0 saturated carbocycles. The molecule has 2 aromatic heterocycles. The van der Waals surface area contributed by atoms with E-state index < -0.39 is 36.6 Å². The van der Waals surface area contributed by atoms with E-state index in [1.807, 2.05) is 0 Å².